The van der Waals surface area contributed by atoms with Gasteiger partial charge in [0.2, 0.25) is 5.91 Å². The maximum atomic E-state index is 12.6. The van der Waals surface area contributed by atoms with E-state index in [9.17, 15) is 9.59 Å². The van der Waals surface area contributed by atoms with Crippen LogP contribution in [0.5, 0.6) is 11.5 Å². The first-order chi connectivity index (χ1) is 11.0. The van der Waals surface area contributed by atoms with E-state index in [-0.39, 0.29) is 24.8 Å². The Kier molecular flexibility index (Phi) is 6.15. The molecule has 1 amide bonds. The topological polar surface area (TPSA) is 76.1 Å². The predicted octanol–water partition coefficient (Wildman–Crippen LogP) is 1.66. The molecule has 1 fully saturated rings. The fraction of sp³-hybridized carbons (Fsp3) is 0.500. The van der Waals surface area contributed by atoms with Gasteiger partial charge in [-0.3, -0.25) is 9.59 Å². The van der Waals surface area contributed by atoms with Crippen molar-refractivity contribution in [3.63, 3.8) is 0 Å². The molecule has 0 spiro atoms. The first kappa shape index (κ1) is 17.5. The number of hydrogen-bond acceptors (Lipinski definition) is 5. The molecule has 0 saturated carbocycles. The lowest BCUT2D eigenvalue weighted by Crippen LogP contribution is -2.47. The number of hydrogen-bond donors (Lipinski definition) is 1. The number of carbonyl (C=O) groups excluding carboxylic acids is 1. The molecule has 1 aromatic carbocycles. The fourth-order valence-electron chi connectivity index (χ4n) is 2.62. The summed E-state index contributed by atoms with van der Waals surface area (Å²) in [6.07, 6.45) is 0.214. The van der Waals surface area contributed by atoms with Gasteiger partial charge in [-0.05, 0) is 17.7 Å². The van der Waals surface area contributed by atoms with Gasteiger partial charge < -0.3 is 19.5 Å². The summed E-state index contributed by atoms with van der Waals surface area (Å²) < 4.78 is 10.4. The number of ether oxygens (including phenoxy) is 2. The van der Waals surface area contributed by atoms with Crippen molar-refractivity contribution in [1.82, 2.24) is 4.90 Å². The van der Waals surface area contributed by atoms with Crippen molar-refractivity contribution in [2.75, 3.05) is 32.3 Å². The number of aliphatic carboxylic acids is 1. The molecule has 23 heavy (non-hydrogen) atoms. The van der Waals surface area contributed by atoms with Crippen molar-refractivity contribution in [3.8, 4) is 11.5 Å². The molecule has 0 aliphatic carbocycles. The Balaban J connectivity index is 2.09. The highest BCUT2D eigenvalue weighted by molar-refractivity contribution is 7.99. The monoisotopic (exact) mass is 339 g/mol. The van der Waals surface area contributed by atoms with Crippen LogP contribution < -0.4 is 9.47 Å². The highest BCUT2D eigenvalue weighted by Crippen LogP contribution is 2.28. The molecule has 7 heteroatoms. The molecular weight excluding hydrogens is 318 g/mol. The zero-order valence-electron chi connectivity index (χ0n) is 13.3. The Morgan fingerprint density at radius 3 is 2.70 bits per heavy atom. The number of carboxylic acids is 1. The van der Waals surface area contributed by atoms with E-state index >= 15 is 0 Å². The molecule has 1 heterocycles. The highest BCUT2D eigenvalue weighted by atomic mass is 32.2. The third-order valence-corrected chi connectivity index (χ3v) is 4.85. The summed E-state index contributed by atoms with van der Waals surface area (Å²) in [6, 6.07) is 5.13. The predicted molar refractivity (Wildman–Crippen MR) is 88.3 cm³/mol. The van der Waals surface area contributed by atoms with Crippen LogP contribution in [0.3, 0.4) is 0 Å². The zero-order valence-corrected chi connectivity index (χ0v) is 14.1. The molecule has 0 radical (unpaired) electrons. The van der Waals surface area contributed by atoms with E-state index in [0.29, 0.717) is 23.8 Å². The van der Waals surface area contributed by atoms with Crippen LogP contribution in [-0.2, 0) is 16.0 Å². The number of thioether (sulfide) groups is 1. The molecule has 1 aliphatic rings. The third kappa shape index (κ3) is 4.54. The quantitative estimate of drug-likeness (QED) is 0.849. The van der Waals surface area contributed by atoms with E-state index in [1.165, 1.54) is 0 Å². The van der Waals surface area contributed by atoms with Gasteiger partial charge in [0.15, 0.2) is 11.5 Å². The number of amides is 1. The third-order valence-electron chi connectivity index (χ3n) is 3.76. The van der Waals surface area contributed by atoms with Gasteiger partial charge in [-0.1, -0.05) is 6.07 Å². The lowest BCUT2D eigenvalue weighted by molar-refractivity contribution is -0.140. The van der Waals surface area contributed by atoms with E-state index in [2.05, 4.69) is 0 Å². The summed E-state index contributed by atoms with van der Waals surface area (Å²) in [4.78, 5) is 25.2. The van der Waals surface area contributed by atoms with Crippen LogP contribution in [-0.4, -0.2) is 60.2 Å². The average Bonchev–Trinajstić information content (AvgIpc) is 2.54. The number of methoxy groups -OCH3 is 2. The maximum absolute atomic E-state index is 12.6. The van der Waals surface area contributed by atoms with Crippen LogP contribution in [0.2, 0.25) is 0 Å². The number of carboxylic acid groups (broad SMARTS) is 1. The Morgan fingerprint density at radius 2 is 2.04 bits per heavy atom. The number of nitrogens with zero attached hydrogens (tertiary/aromatic N) is 1. The van der Waals surface area contributed by atoms with Crippen molar-refractivity contribution in [2.24, 2.45) is 0 Å². The van der Waals surface area contributed by atoms with Crippen LogP contribution in [0.4, 0.5) is 0 Å². The zero-order chi connectivity index (χ0) is 16.8. The van der Waals surface area contributed by atoms with E-state index < -0.39 is 5.97 Å². The van der Waals surface area contributed by atoms with Gasteiger partial charge in [-0.2, -0.15) is 11.8 Å². The lowest BCUT2D eigenvalue weighted by Gasteiger charge is -2.34. The highest BCUT2D eigenvalue weighted by Gasteiger charge is 2.28. The molecule has 1 N–H and O–H groups in total. The molecule has 1 aliphatic heterocycles. The van der Waals surface area contributed by atoms with Crippen molar-refractivity contribution in [3.05, 3.63) is 23.8 Å². The standard InChI is InChI=1S/C16H21NO5S/c1-21-13-4-3-11(7-14(13)22-2)8-15(18)17-5-6-23-10-12(17)9-16(19)20/h3-4,7,12H,5-6,8-10H2,1-2H3,(H,19,20). The first-order valence-electron chi connectivity index (χ1n) is 7.35. The molecule has 1 saturated heterocycles. The number of carbonyl (C=O) groups is 2. The summed E-state index contributed by atoms with van der Waals surface area (Å²) >= 11 is 1.69. The maximum Gasteiger partial charge on any atom is 0.305 e. The van der Waals surface area contributed by atoms with Crippen LogP contribution in [0, 0.1) is 0 Å². The Morgan fingerprint density at radius 1 is 1.30 bits per heavy atom. The van der Waals surface area contributed by atoms with E-state index in [4.69, 9.17) is 14.6 Å². The normalized spacial score (nSPS) is 17.7. The molecule has 126 valence electrons. The largest absolute Gasteiger partial charge is 0.493 e. The second-order valence-electron chi connectivity index (χ2n) is 5.28. The second kappa shape index (κ2) is 8.10. The molecule has 0 bridgehead atoms. The minimum absolute atomic E-state index is 0.00925. The van der Waals surface area contributed by atoms with Crippen molar-refractivity contribution >= 4 is 23.6 Å². The molecule has 0 aromatic heterocycles. The number of rotatable bonds is 6. The Bertz CT molecular complexity index is 578. The summed E-state index contributed by atoms with van der Waals surface area (Å²) in [5.74, 6) is 1.78. The van der Waals surface area contributed by atoms with Crippen LogP contribution in [0.25, 0.3) is 0 Å². The minimum atomic E-state index is -0.874. The lowest BCUT2D eigenvalue weighted by atomic mass is 10.1. The molecule has 2 rings (SSSR count). The summed E-state index contributed by atoms with van der Waals surface area (Å²) in [5, 5.41) is 9.00. The summed E-state index contributed by atoms with van der Waals surface area (Å²) in [6.45, 7) is 0.592. The summed E-state index contributed by atoms with van der Waals surface area (Å²) in [5.41, 5.74) is 0.819. The van der Waals surface area contributed by atoms with Gasteiger partial charge >= 0.3 is 5.97 Å². The SMILES string of the molecule is COc1ccc(CC(=O)N2CCSCC2CC(=O)O)cc1OC. The average molecular weight is 339 g/mol. The Hall–Kier alpha value is -1.89. The number of benzene rings is 1. The van der Waals surface area contributed by atoms with Crippen LogP contribution in [0.15, 0.2) is 18.2 Å². The minimum Gasteiger partial charge on any atom is -0.493 e. The molecule has 6 nitrogen and oxygen atoms in total. The smallest absolute Gasteiger partial charge is 0.305 e. The Labute approximate surface area is 139 Å². The fourth-order valence-corrected chi connectivity index (χ4v) is 3.68. The van der Waals surface area contributed by atoms with E-state index in [0.717, 1.165) is 11.3 Å². The van der Waals surface area contributed by atoms with Gasteiger partial charge in [0.05, 0.1) is 33.1 Å². The van der Waals surface area contributed by atoms with Crippen molar-refractivity contribution in [2.45, 2.75) is 18.9 Å². The van der Waals surface area contributed by atoms with Crippen LogP contribution in [0.1, 0.15) is 12.0 Å². The van der Waals surface area contributed by atoms with Crippen molar-refractivity contribution < 1.29 is 24.2 Å². The van der Waals surface area contributed by atoms with E-state index in [1.807, 2.05) is 6.07 Å². The van der Waals surface area contributed by atoms with Gasteiger partial charge in [-0.15, -0.1) is 0 Å². The molecular formula is C16H21NO5S. The van der Waals surface area contributed by atoms with Crippen LogP contribution >= 0.6 is 11.8 Å². The molecule has 1 unspecified atom stereocenters. The van der Waals surface area contributed by atoms with Crippen molar-refractivity contribution in [1.29, 1.82) is 0 Å². The first-order valence-corrected chi connectivity index (χ1v) is 8.50. The second-order valence-corrected chi connectivity index (χ2v) is 6.43. The molecule has 1 aromatic rings. The van der Waals surface area contributed by atoms with E-state index in [1.54, 1.807) is 43.0 Å². The van der Waals surface area contributed by atoms with Gasteiger partial charge in [0.1, 0.15) is 0 Å². The van der Waals surface area contributed by atoms with Gasteiger partial charge in [0, 0.05) is 18.1 Å². The van der Waals surface area contributed by atoms with Gasteiger partial charge in [0.25, 0.3) is 0 Å². The van der Waals surface area contributed by atoms with Gasteiger partial charge in [-0.25, -0.2) is 0 Å². The molecule has 1 atom stereocenters. The summed E-state index contributed by atoms with van der Waals surface area (Å²) in [7, 11) is 3.11.